The summed E-state index contributed by atoms with van der Waals surface area (Å²) in [7, 11) is 0. The smallest absolute Gasteiger partial charge is 0.267 e. The molecule has 5 heteroatoms. The molecular formula is C16H15ClN2O2. The summed E-state index contributed by atoms with van der Waals surface area (Å²) in [5, 5.41) is 7.20. The van der Waals surface area contributed by atoms with Crippen molar-refractivity contribution in [3.8, 4) is 0 Å². The maximum Gasteiger partial charge on any atom is 0.267 e. The first kappa shape index (κ1) is 15.1. The molecule has 1 amide bonds. The molecule has 0 unspecified atom stereocenters. The van der Waals surface area contributed by atoms with Gasteiger partial charge in [0.05, 0.1) is 6.21 Å². The van der Waals surface area contributed by atoms with E-state index in [2.05, 4.69) is 10.5 Å². The molecule has 0 saturated heterocycles. The summed E-state index contributed by atoms with van der Waals surface area (Å²) in [4.78, 5) is 17.0. The maximum atomic E-state index is 11.9. The van der Waals surface area contributed by atoms with E-state index < -0.39 is 6.10 Å². The highest BCUT2D eigenvalue weighted by Crippen LogP contribution is 2.09. The molecule has 2 aromatic carbocycles. The molecule has 21 heavy (non-hydrogen) atoms. The molecule has 4 nitrogen and oxygen atoms in total. The Kier molecular flexibility index (Phi) is 5.35. The van der Waals surface area contributed by atoms with Crippen LogP contribution in [0.25, 0.3) is 0 Å². The van der Waals surface area contributed by atoms with Crippen molar-refractivity contribution in [1.82, 2.24) is 0 Å². The van der Waals surface area contributed by atoms with Gasteiger partial charge in [0.15, 0.2) is 0 Å². The minimum atomic E-state index is -0.686. The van der Waals surface area contributed by atoms with E-state index in [0.29, 0.717) is 5.02 Å². The Morgan fingerprint density at radius 1 is 1.19 bits per heavy atom. The van der Waals surface area contributed by atoms with Gasteiger partial charge in [-0.15, -0.1) is 0 Å². The normalized spacial score (nSPS) is 12.1. The minimum Gasteiger partial charge on any atom is -0.383 e. The monoisotopic (exact) mass is 302 g/mol. The fraction of sp³-hybridized carbons (Fsp3) is 0.125. The fourth-order valence-corrected chi connectivity index (χ4v) is 1.67. The fourth-order valence-electron chi connectivity index (χ4n) is 1.54. The molecule has 1 atom stereocenters. The third kappa shape index (κ3) is 4.93. The zero-order chi connectivity index (χ0) is 15.1. The first-order valence-electron chi connectivity index (χ1n) is 6.46. The number of para-hydroxylation sites is 1. The Bertz CT molecular complexity index is 612. The predicted molar refractivity (Wildman–Crippen MR) is 84.7 cm³/mol. The first-order valence-corrected chi connectivity index (χ1v) is 6.83. The Balaban J connectivity index is 1.85. The lowest BCUT2D eigenvalue weighted by atomic mass is 10.2. The second-order valence-electron chi connectivity index (χ2n) is 4.39. The van der Waals surface area contributed by atoms with E-state index in [4.69, 9.17) is 16.4 Å². The number of nitrogens with one attached hydrogen (secondary N) is 1. The lowest BCUT2D eigenvalue weighted by Crippen LogP contribution is -2.26. The molecule has 0 aliphatic rings. The topological polar surface area (TPSA) is 50.7 Å². The highest BCUT2D eigenvalue weighted by atomic mass is 35.5. The van der Waals surface area contributed by atoms with E-state index in [0.717, 1.165) is 11.3 Å². The van der Waals surface area contributed by atoms with Crippen LogP contribution in [0, 0.1) is 0 Å². The average Bonchev–Trinajstić information content (AvgIpc) is 2.50. The van der Waals surface area contributed by atoms with E-state index in [1.165, 1.54) is 6.21 Å². The summed E-state index contributed by atoms with van der Waals surface area (Å²) in [6.07, 6.45) is 0.844. The molecule has 108 valence electrons. The van der Waals surface area contributed by atoms with Gasteiger partial charge in [-0.3, -0.25) is 4.79 Å². The summed E-state index contributed by atoms with van der Waals surface area (Å²) in [6.45, 7) is 1.64. The predicted octanol–water partition coefficient (Wildman–Crippen LogP) is 3.72. The molecular weight excluding hydrogens is 288 g/mol. The second-order valence-corrected chi connectivity index (χ2v) is 4.83. The van der Waals surface area contributed by atoms with E-state index in [-0.39, 0.29) is 5.91 Å². The SMILES string of the molecule is C[C@@H](O/N=C\c1ccc(Cl)cc1)C(=O)Nc1ccccc1. The Labute approximate surface area is 128 Å². The maximum absolute atomic E-state index is 11.9. The van der Waals surface area contributed by atoms with Gasteiger partial charge in [-0.05, 0) is 36.8 Å². The number of amides is 1. The van der Waals surface area contributed by atoms with Crippen LogP contribution < -0.4 is 5.32 Å². The Morgan fingerprint density at radius 2 is 1.86 bits per heavy atom. The number of rotatable bonds is 5. The minimum absolute atomic E-state index is 0.255. The lowest BCUT2D eigenvalue weighted by molar-refractivity contribution is -0.126. The summed E-state index contributed by atoms with van der Waals surface area (Å²) < 4.78 is 0. The van der Waals surface area contributed by atoms with Crippen molar-refractivity contribution in [2.75, 3.05) is 5.32 Å². The summed E-state index contributed by atoms with van der Waals surface area (Å²) >= 11 is 5.79. The molecule has 0 spiro atoms. The largest absolute Gasteiger partial charge is 0.383 e. The van der Waals surface area contributed by atoms with E-state index >= 15 is 0 Å². The number of hydrogen-bond acceptors (Lipinski definition) is 3. The molecule has 1 N–H and O–H groups in total. The van der Waals surface area contributed by atoms with Crippen molar-refractivity contribution in [1.29, 1.82) is 0 Å². The number of oxime groups is 1. The van der Waals surface area contributed by atoms with Gasteiger partial charge in [-0.2, -0.15) is 0 Å². The van der Waals surface area contributed by atoms with Gasteiger partial charge in [0.1, 0.15) is 0 Å². The number of hydrogen-bond donors (Lipinski definition) is 1. The lowest BCUT2D eigenvalue weighted by Gasteiger charge is -2.10. The van der Waals surface area contributed by atoms with Crippen LogP contribution in [-0.4, -0.2) is 18.2 Å². The molecule has 0 bridgehead atoms. The van der Waals surface area contributed by atoms with Gasteiger partial charge in [0, 0.05) is 10.7 Å². The molecule has 0 radical (unpaired) electrons. The van der Waals surface area contributed by atoms with Gasteiger partial charge >= 0.3 is 0 Å². The van der Waals surface area contributed by atoms with Crippen LogP contribution >= 0.6 is 11.6 Å². The van der Waals surface area contributed by atoms with Crippen LogP contribution in [0.5, 0.6) is 0 Å². The van der Waals surface area contributed by atoms with Crippen molar-refractivity contribution in [2.45, 2.75) is 13.0 Å². The number of carbonyl (C=O) groups excluding carboxylic acids is 1. The van der Waals surface area contributed by atoms with E-state index in [9.17, 15) is 4.79 Å². The highest BCUT2D eigenvalue weighted by Gasteiger charge is 2.13. The van der Waals surface area contributed by atoms with Gasteiger partial charge in [-0.1, -0.05) is 47.1 Å². The molecule has 2 rings (SSSR count). The van der Waals surface area contributed by atoms with Crippen LogP contribution in [0.2, 0.25) is 5.02 Å². The van der Waals surface area contributed by atoms with E-state index in [1.807, 2.05) is 42.5 Å². The van der Waals surface area contributed by atoms with Crippen LogP contribution in [0.1, 0.15) is 12.5 Å². The number of anilines is 1. The molecule has 0 heterocycles. The van der Waals surface area contributed by atoms with Gasteiger partial charge < -0.3 is 10.2 Å². The third-order valence-electron chi connectivity index (χ3n) is 2.70. The van der Waals surface area contributed by atoms with Crippen LogP contribution in [0.4, 0.5) is 5.69 Å². The van der Waals surface area contributed by atoms with E-state index in [1.54, 1.807) is 19.1 Å². The van der Waals surface area contributed by atoms with Crippen LogP contribution in [0.3, 0.4) is 0 Å². The molecule has 0 fully saturated rings. The molecule has 2 aromatic rings. The third-order valence-corrected chi connectivity index (χ3v) is 2.95. The average molecular weight is 303 g/mol. The zero-order valence-electron chi connectivity index (χ0n) is 11.5. The highest BCUT2D eigenvalue weighted by molar-refractivity contribution is 6.30. The number of halogens is 1. The summed E-state index contributed by atoms with van der Waals surface area (Å²) in [5.41, 5.74) is 1.56. The summed E-state index contributed by atoms with van der Waals surface area (Å²) in [5.74, 6) is -0.255. The van der Waals surface area contributed by atoms with Gasteiger partial charge in [0.25, 0.3) is 5.91 Å². The Hall–Kier alpha value is -2.33. The van der Waals surface area contributed by atoms with Gasteiger partial charge in [-0.25, -0.2) is 0 Å². The quantitative estimate of drug-likeness (QED) is 0.676. The standard InChI is InChI=1S/C16H15ClN2O2/c1-12(16(20)19-15-5-3-2-4-6-15)21-18-11-13-7-9-14(17)10-8-13/h2-12H,1H3,(H,19,20)/b18-11-/t12-/m1/s1. The van der Waals surface area contributed by atoms with Crippen molar-refractivity contribution >= 4 is 29.4 Å². The van der Waals surface area contributed by atoms with Gasteiger partial charge in [0.2, 0.25) is 6.10 Å². The van der Waals surface area contributed by atoms with Crippen molar-refractivity contribution in [3.05, 3.63) is 65.2 Å². The van der Waals surface area contributed by atoms with Crippen molar-refractivity contribution in [3.63, 3.8) is 0 Å². The number of carbonyl (C=O) groups is 1. The zero-order valence-corrected chi connectivity index (χ0v) is 12.2. The van der Waals surface area contributed by atoms with Crippen molar-refractivity contribution in [2.24, 2.45) is 5.16 Å². The number of nitrogens with zero attached hydrogens (tertiary/aromatic N) is 1. The van der Waals surface area contributed by atoms with Crippen LogP contribution in [0.15, 0.2) is 59.8 Å². The number of benzene rings is 2. The van der Waals surface area contributed by atoms with Crippen molar-refractivity contribution < 1.29 is 9.63 Å². The molecule has 0 aromatic heterocycles. The molecule has 0 saturated carbocycles. The first-order chi connectivity index (χ1) is 10.1. The van der Waals surface area contributed by atoms with Crippen LogP contribution in [-0.2, 0) is 9.63 Å². The molecule has 0 aliphatic carbocycles. The summed E-state index contributed by atoms with van der Waals surface area (Å²) in [6, 6.07) is 16.3. The molecule has 0 aliphatic heterocycles. The Morgan fingerprint density at radius 3 is 2.52 bits per heavy atom. The second kappa shape index (κ2) is 7.45.